The summed E-state index contributed by atoms with van der Waals surface area (Å²) < 4.78 is 0. The number of hydrogen-bond acceptors (Lipinski definition) is 3. The number of benzene rings is 2. The number of guanidine groups is 1. The van der Waals surface area contributed by atoms with Gasteiger partial charge in [-0.25, -0.2) is 0 Å². The van der Waals surface area contributed by atoms with Crippen LogP contribution in [0.4, 0.5) is 0 Å². The Labute approximate surface area is 169 Å². The molecule has 0 aliphatic heterocycles. The van der Waals surface area contributed by atoms with E-state index in [1.54, 1.807) is 7.05 Å². The van der Waals surface area contributed by atoms with Crippen molar-refractivity contribution in [1.82, 2.24) is 15.5 Å². The Morgan fingerprint density at radius 1 is 0.893 bits per heavy atom. The molecule has 152 valence electrons. The van der Waals surface area contributed by atoms with Crippen LogP contribution in [0.2, 0.25) is 0 Å². The summed E-state index contributed by atoms with van der Waals surface area (Å²) in [6.07, 6.45) is 0. The van der Waals surface area contributed by atoms with Crippen molar-refractivity contribution in [2.75, 3.05) is 39.8 Å². The molecule has 0 aliphatic carbocycles. The smallest absolute Gasteiger partial charge is 0.191 e. The highest BCUT2D eigenvalue weighted by Crippen LogP contribution is 2.19. The van der Waals surface area contributed by atoms with Gasteiger partial charge in [0.05, 0.1) is 12.6 Å². The molecule has 0 heterocycles. The molecule has 2 aromatic carbocycles. The largest absolute Gasteiger partial charge is 0.396 e. The maximum Gasteiger partial charge on any atom is 0.191 e. The zero-order chi connectivity index (χ0) is 20.2. The van der Waals surface area contributed by atoms with E-state index in [0.717, 1.165) is 31.2 Å². The fourth-order valence-corrected chi connectivity index (χ4v) is 3.44. The number of aliphatic imine (C=N–C) groups is 1. The Bertz CT molecular complexity index is 686. The molecule has 2 atom stereocenters. The van der Waals surface area contributed by atoms with E-state index < -0.39 is 0 Å². The van der Waals surface area contributed by atoms with E-state index in [9.17, 15) is 5.11 Å². The summed E-state index contributed by atoms with van der Waals surface area (Å²) in [5.74, 6) is 0.787. The molecule has 5 heteroatoms. The Morgan fingerprint density at radius 2 is 1.43 bits per heavy atom. The number of aliphatic hydroxyl groups excluding tert-OH is 1. The Balaban J connectivity index is 1.98. The summed E-state index contributed by atoms with van der Waals surface area (Å²) >= 11 is 0. The number of rotatable bonds is 10. The summed E-state index contributed by atoms with van der Waals surface area (Å²) in [6.45, 7) is 7.85. The first kappa shape index (κ1) is 21.9. The van der Waals surface area contributed by atoms with E-state index >= 15 is 0 Å². The highest BCUT2D eigenvalue weighted by atomic mass is 16.3. The minimum absolute atomic E-state index is 0.0347. The lowest BCUT2D eigenvalue weighted by atomic mass is 10.0. The summed E-state index contributed by atoms with van der Waals surface area (Å²) in [5, 5.41) is 16.6. The van der Waals surface area contributed by atoms with Crippen LogP contribution in [0.25, 0.3) is 0 Å². The predicted molar refractivity (Wildman–Crippen MR) is 118 cm³/mol. The fourth-order valence-electron chi connectivity index (χ4n) is 3.44. The van der Waals surface area contributed by atoms with Crippen molar-refractivity contribution in [1.29, 1.82) is 0 Å². The van der Waals surface area contributed by atoms with Crippen molar-refractivity contribution in [2.45, 2.75) is 25.8 Å². The van der Waals surface area contributed by atoms with Crippen molar-refractivity contribution in [3.8, 4) is 0 Å². The van der Waals surface area contributed by atoms with Crippen LogP contribution < -0.4 is 10.6 Å². The molecule has 5 nitrogen and oxygen atoms in total. The second-order valence-electron chi connectivity index (χ2n) is 6.77. The number of nitrogens with one attached hydrogen (secondary N) is 2. The van der Waals surface area contributed by atoms with Crippen molar-refractivity contribution < 1.29 is 5.11 Å². The molecule has 0 aromatic heterocycles. The lowest BCUT2D eigenvalue weighted by Gasteiger charge is -2.31. The van der Waals surface area contributed by atoms with E-state index in [1.807, 2.05) is 30.3 Å². The van der Waals surface area contributed by atoms with Gasteiger partial charge in [-0.15, -0.1) is 0 Å². The minimum Gasteiger partial charge on any atom is -0.396 e. The summed E-state index contributed by atoms with van der Waals surface area (Å²) in [5.41, 5.74) is 2.42. The van der Waals surface area contributed by atoms with Crippen molar-refractivity contribution in [3.63, 3.8) is 0 Å². The first-order valence-electron chi connectivity index (χ1n) is 10.1. The molecule has 2 aromatic rings. The topological polar surface area (TPSA) is 59.9 Å². The first-order valence-corrected chi connectivity index (χ1v) is 10.1. The van der Waals surface area contributed by atoms with Gasteiger partial charge >= 0.3 is 0 Å². The molecule has 0 fully saturated rings. The van der Waals surface area contributed by atoms with E-state index in [2.05, 4.69) is 64.7 Å². The van der Waals surface area contributed by atoms with Crippen LogP contribution in [0.1, 0.15) is 36.9 Å². The third-order valence-corrected chi connectivity index (χ3v) is 5.13. The number of likely N-dealkylation sites (N-methyl/N-ethyl adjacent to an activating group) is 1. The molecule has 3 N–H and O–H groups in total. The molecule has 28 heavy (non-hydrogen) atoms. The first-order chi connectivity index (χ1) is 13.7. The third kappa shape index (κ3) is 6.36. The molecule has 0 spiro atoms. The van der Waals surface area contributed by atoms with Gasteiger partial charge in [-0.3, -0.25) is 9.89 Å². The number of aliphatic hydroxyl groups is 1. The molecule has 0 saturated heterocycles. The Morgan fingerprint density at radius 3 is 1.93 bits per heavy atom. The van der Waals surface area contributed by atoms with E-state index in [1.165, 1.54) is 5.56 Å². The highest BCUT2D eigenvalue weighted by Gasteiger charge is 2.18. The normalized spacial score (nSPS) is 14.0. The summed E-state index contributed by atoms with van der Waals surface area (Å²) in [4.78, 5) is 6.80. The quantitative estimate of drug-likeness (QED) is 0.437. The van der Waals surface area contributed by atoms with Gasteiger partial charge in [0.1, 0.15) is 0 Å². The van der Waals surface area contributed by atoms with Crippen LogP contribution in [0.3, 0.4) is 0 Å². The zero-order valence-electron chi connectivity index (χ0n) is 17.3. The maximum absolute atomic E-state index is 9.76. The van der Waals surface area contributed by atoms with Gasteiger partial charge in [0, 0.05) is 26.1 Å². The summed E-state index contributed by atoms with van der Waals surface area (Å²) in [6, 6.07) is 20.9. The second-order valence-corrected chi connectivity index (χ2v) is 6.77. The lowest BCUT2D eigenvalue weighted by molar-refractivity contribution is 0.219. The van der Waals surface area contributed by atoms with E-state index in [0.29, 0.717) is 6.54 Å². The van der Waals surface area contributed by atoms with Gasteiger partial charge in [0.2, 0.25) is 0 Å². The molecule has 0 saturated carbocycles. The average Bonchev–Trinajstić information content (AvgIpc) is 2.76. The highest BCUT2D eigenvalue weighted by molar-refractivity contribution is 5.79. The predicted octanol–water partition coefficient (Wildman–Crippen LogP) is 3.01. The fraction of sp³-hybridized carbons (Fsp3) is 0.435. The molecule has 0 bridgehead atoms. The molecular formula is C23H34N4O. The van der Waals surface area contributed by atoms with Gasteiger partial charge in [-0.2, -0.15) is 0 Å². The minimum atomic E-state index is 0.0347. The number of nitrogens with zero attached hydrogens (tertiary/aromatic N) is 2. The standard InChI is InChI=1S/C23H34N4O/c1-4-27(5-2)22(20-14-10-7-11-15-20)17-26-23(24-3)25-16-21(18-28)19-12-8-6-9-13-19/h6-15,21-22,28H,4-5,16-18H2,1-3H3,(H2,24,25,26). The maximum atomic E-state index is 9.76. The van der Waals surface area contributed by atoms with Gasteiger partial charge in [0.15, 0.2) is 5.96 Å². The summed E-state index contributed by atoms with van der Waals surface area (Å²) in [7, 11) is 1.78. The molecular weight excluding hydrogens is 348 g/mol. The zero-order valence-corrected chi connectivity index (χ0v) is 17.3. The van der Waals surface area contributed by atoms with Crippen molar-refractivity contribution >= 4 is 5.96 Å². The molecule has 2 rings (SSSR count). The van der Waals surface area contributed by atoms with Gasteiger partial charge < -0.3 is 15.7 Å². The molecule has 0 amide bonds. The second kappa shape index (κ2) is 12.2. The van der Waals surface area contributed by atoms with Gasteiger partial charge in [-0.1, -0.05) is 74.5 Å². The van der Waals surface area contributed by atoms with Crippen molar-refractivity contribution in [2.24, 2.45) is 4.99 Å². The SMILES string of the molecule is CCN(CC)C(CNC(=NC)NCC(CO)c1ccccc1)c1ccccc1. The van der Waals surface area contributed by atoms with Crippen LogP contribution in [-0.2, 0) is 0 Å². The van der Waals surface area contributed by atoms with Crippen LogP contribution in [0, 0.1) is 0 Å². The van der Waals surface area contributed by atoms with Crippen LogP contribution in [-0.4, -0.2) is 55.8 Å². The number of hydrogen-bond donors (Lipinski definition) is 3. The van der Waals surface area contributed by atoms with Gasteiger partial charge in [-0.05, 0) is 24.2 Å². The van der Waals surface area contributed by atoms with Crippen molar-refractivity contribution in [3.05, 3.63) is 71.8 Å². The average molecular weight is 383 g/mol. The van der Waals surface area contributed by atoms with Gasteiger partial charge in [0.25, 0.3) is 0 Å². The lowest BCUT2D eigenvalue weighted by Crippen LogP contribution is -2.44. The van der Waals surface area contributed by atoms with Crippen LogP contribution in [0.15, 0.2) is 65.7 Å². The third-order valence-electron chi connectivity index (χ3n) is 5.13. The van der Waals surface area contributed by atoms with E-state index in [4.69, 9.17) is 0 Å². The Hall–Kier alpha value is -2.37. The van der Waals surface area contributed by atoms with E-state index in [-0.39, 0.29) is 18.6 Å². The molecule has 0 aliphatic rings. The molecule has 0 radical (unpaired) electrons. The Kier molecular flexibility index (Phi) is 9.52. The molecule has 2 unspecified atom stereocenters. The van der Waals surface area contributed by atoms with Crippen LogP contribution in [0.5, 0.6) is 0 Å². The monoisotopic (exact) mass is 382 g/mol. The van der Waals surface area contributed by atoms with Crippen LogP contribution >= 0.6 is 0 Å².